The van der Waals surface area contributed by atoms with Crippen LogP contribution in [0.25, 0.3) is 88.6 Å². The van der Waals surface area contributed by atoms with Gasteiger partial charge in [0.25, 0.3) is 0 Å². The van der Waals surface area contributed by atoms with Crippen LogP contribution in [0.3, 0.4) is 0 Å². The minimum absolute atomic E-state index is 0.951. The number of rotatable bonds is 5. The highest BCUT2D eigenvalue weighted by atomic mass is 15.0. The first-order chi connectivity index (χ1) is 24.8. The number of hydrogen-bond donors (Lipinski definition) is 0. The molecular formula is C47H31N3. The largest absolute Gasteiger partial charge is 0.309 e. The molecule has 0 aliphatic carbocycles. The van der Waals surface area contributed by atoms with E-state index in [-0.39, 0.29) is 0 Å². The van der Waals surface area contributed by atoms with Gasteiger partial charge in [0.2, 0.25) is 0 Å². The zero-order chi connectivity index (χ0) is 33.0. The van der Waals surface area contributed by atoms with E-state index >= 15 is 0 Å². The first-order valence-electron chi connectivity index (χ1n) is 17.1. The van der Waals surface area contributed by atoms with Crippen molar-refractivity contribution in [3.8, 4) is 45.0 Å². The van der Waals surface area contributed by atoms with E-state index in [4.69, 9.17) is 4.98 Å². The molecule has 0 aliphatic rings. The van der Waals surface area contributed by atoms with E-state index in [0.717, 1.165) is 45.0 Å². The molecule has 0 spiro atoms. The van der Waals surface area contributed by atoms with Crippen molar-refractivity contribution in [2.45, 2.75) is 0 Å². The third-order valence-corrected chi connectivity index (χ3v) is 9.90. The van der Waals surface area contributed by atoms with Crippen molar-refractivity contribution in [2.24, 2.45) is 0 Å². The molecule has 3 heterocycles. The summed E-state index contributed by atoms with van der Waals surface area (Å²) in [7, 11) is 0. The van der Waals surface area contributed by atoms with Crippen LogP contribution in [0.15, 0.2) is 188 Å². The number of para-hydroxylation sites is 4. The van der Waals surface area contributed by atoms with Gasteiger partial charge in [0.05, 0.1) is 33.5 Å². The van der Waals surface area contributed by atoms with Crippen LogP contribution in [-0.2, 0) is 0 Å². The summed E-state index contributed by atoms with van der Waals surface area (Å²) in [6.07, 6.45) is 0. The minimum atomic E-state index is 0.951. The van der Waals surface area contributed by atoms with E-state index in [0.29, 0.717) is 0 Å². The van der Waals surface area contributed by atoms with Crippen LogP contribution in [0.4, 0.5) is 0 Å². The van der Waals surface area contributed by atoms with Crippen molar-refractivity contribution >= 4 is 43.6 Å². The summed E-state index contributed by atoms with van der Waals surface area (Å²) in [6, 6.07) is 67.2. The fraction of sp³-hybridized carbons (Fsp3) is 0. The third-order valence-electron chi connectivity index (χ3n) is 9.90. The molecule has 0 aliphatic heterocycles. The summed E-state index contributed by atoms with van der Waals surface area (Å²) in [6.45, 7) is 0. The normalized spacial score (nSPS) is 11.6. The van der Waals surface area contributed by atoms with Crippen molar-refractivity contribution in [1.82, 2.24) is 14.1 Å². The van der Waals surface area contributed by atoms with Gasteiger partial charge in [0.15, 0.2) is 0 Å². The monoisotopic (exact) mass is 637 g/mol. The summed E-state index contributed by atoms with van der Waals surface area (Å²) in [4.78, 5) is 5.30. The zero-order valence-corrected chi connectivity index (χ0v) is 27.2. The maximum Gasteiger partial charge on any atom is 0.0715 e. The highest BCUT2D eigenvalue weighted by Crippen LogP contribution is 2.39. The van der Waals surface area contributed by atoms with Crippen molar-refractivity contribution in [3.63, 3.8) is 0 Å². The maximum absolute atomic E-state index is 5.30. The molecule has 3 aromatic heterocycles. The Morgan fingerprint density at radius 3 is 1.26 bits per heavy atom. The lowest BCUT2D eigenvalue weighted by molar-refractivity contribution is 1.18. The number of fused-ring (bicyclic) bond motifs is 6. The maximum atomic E-state index is 5.30. The first-order valence-corrected chi connectivity index (χ1v) is 17.1. The summed E-state index contributed by atoms with van der Waals surface area (Å²) >= 11 is 0. The van der Waals surface area contributed by atoms with Gasteiger partial charge in [-0.25, -0.2) is 4.98 Å². The molecule has 50 heavy (non-hydrogen) atoms. The lowest BCUT2D eigenvalue weighted by Gasteiger charge is -2.12. The van der Waals surface area contributed by atoms with Crippen molar-refractivity contribution in [2.75, 3.05) is 0 Å². The second-order valence-corrected chi connectivity index (χ2v) is 12.8. The summed E-state index contributed by atoms with van der Waals surface area (Å²) < 4.78 is 4.72. The highest BCUT2D eigenvalue weighted by Gasteiger charge is 2.17. The lowest BCUT2D eigenvalue weighted by atomic mass is 9.98. The van der Waals surface area contributed by atoms with Crippen LogP contribution < -0.4 is 0 Å². The van der Waals surface area contributed by atoms with Crippen molar-refractivity contribution in [3.05, 3.63) is 188 Å². The van der Waals surface area contributed by atoms with Gasteiger partial charge < -0.3 is 9.13 Å². The number of pyridine rings is 1. The Morgan fingerprint density at radius 2 is 0.700 bits per heavy atom. The zero-order valence-electron chi connectivity index (χ0n) is 27.2. The smallest absolute Gasteiger partial charge is 0.0715 e. The molecule has 0 atom stereocenters. The van der Waals surface area contributed by atoms with Gasteiger partial charge >= 0.3 is 0 Å². The van der Waals surface area contributed by atoms with Crippen LogP contribution in [-0.4, -0.2) is 14.1 Å². The van der Waals surface area contributed by atoms with Crippen LogP contribution in [0.2, 0.25) is 0 Å². The topological polar surface area (TPSA) is 22.8 Å². The molecule has 0 unspecified atom stereocenters. The molecule has 3 heteroatoms. The fourth-order valence-corrected chi connectivity index (χ4v) is 7.60. The number of benzene rings is 7. The van der Waals surface area contributed by atoms with Gasteiger partial charge in [-0.1, -0.05) is 115 Å². The van der Waals surface area contributed by atoms with E-state index in [9.17, 15) is 0 Å². The van der Waals surface area contributed by atoms with Gasteiger partial charge in [0, 0.05) is 44.0 Å². The molecule has 0 N–H and O–H groups in total. The quantitative estimate of drug-likeness (QED) is 0.184. The number of aromatic nitrogens is 3. The molecule has 0 bridgehead atoms. The standard InChI is InChI=1S/C47H31N3/c1-4-14-32(15-5-1)42-30-35(33-24-26-46-40(28-33)38-20-10-12-22-44(38)49(46)36-16-6-2-7-17-36)31-43(48-42)34-25-27-47-41(29-34)39-21-11-13-23-45(39)50(47)37-18-8-3-9-19-37/h1-31H. The van der Waals surface area contributed by atoms with Crippen LogP contribution >= 0.6 is 0 Å². The Balaban J connectivity index is 1.18. The Morgan fingerprint density at radius 1 is 0.280 bits per heavy atom. The van der Waals surface area contributed by atoms with Crippen LogP contribution in [0.5, 0.6) is 0 Å². The van der Waals surface area contributed by atoms with Crippen LogP contribution in [0.1, 0.15) is 0 Å². The molecule has 10 aromatic rings. The average Bonchev–Trinajstić information content (AvgIpc) is 3.71. The molecule has 0 saturated heterocycles. The van der Waals surface area contributed by atoms with Gasteiger partial charge in [-0.05, 0) is 83.9 Å². The van der Waals surface area contributed by atoms with E-state index in [1.165, 1.54) is 43.6 Å². The van der Waals surface area contributed by atoms with E-state index < -0.39 is 0 Å². The molecule has 0 amide bonds. The van der Waals surface area contributed by atoms with Crippen LogP contribution in [0, 0.1) is 0 Å². The molecule has 0 radical (unpaired) electrons. The second-order valence-electron chi connectivity index (χ2n) is 12.8. The van der Waals surface area contributed by atoms with Crippen molar-refractivity contribution < 1.29 is 0 Å². The molecule has 0 saturated carbocycles. The molecule has 234 valence electrons. The predicted octanol–water partition coefficient (Wildman–Crippen LogP) is 12.3. The SMILES string of the molecule is c1ccc(-c2cc(-c3ccc4c(c3)c3ccccc3n4-c3ccccc3)cc(-c3ccc4c(c3)c3ccccc3n4-c3ccccc3)n2)cc1. The lowest BCUT2D eigenvalue weighted by Crippen LogP contribution is -1.94. The first kappa shape index (κ1) is 28.3. The number of nitrogens with zero attached hydrogens (tertiary/aromatic N) is 3. The average molecular weight is 638 g/mol. The van der Waals surface area contributed by atoms with E-state index in [1.807, 2.05) is 0 Å². The molecule has 7 aromatic carbocycles. The summed E-state index contributed by atoms with van der Waals surface area (Å²) in [5.74, 6) is 0. The molecule has 10 rings (SSSR count). The van der Waals surface area contributed by atoms with Crippen molar-refractivity contribution in [1.29, 1.82) is 0 Å². The minimum Gasteiger partial charge on any atom is -0.309 e. The Hall–Kier alpha value is -6.71. The third kappa shape index (κ3) is 4.56. The molecular weight excluding hydrogens is 607 g/mol. The van der Waals surface area contributed by atoms with Gasteiger partial charge in [0.1, 0.15) is 0 Å². The second kappa shape index (κ2) is 11.5. The predicted molar refractivity (Wildman–Crippen MR) is 209 cm³/mol. The highest BCUT2D eigenvalue weighted by molar-refractivity contribution is 6.11. The fourth-order valence-electron chi connectivity index (χ4n) is 7.60. The Kier molecular flexibility index (Phi) is 6.49. The van der Waals surface area contributed by atoms with E-state index in [2.05, 4.69) is 197 Å². The van der Waals surface area contributed by atoms with Gasteiger partial charge in [-0.3, -0.25) is 0 Å². The van der Waals surface area contributed by atoms with Gasteiger partial charge in [-0.2, -0.15) is 0 Å². The summed E-state index contributed by atoms with van der Waals surface area (Å²) in [5, 5.41) is 4.92. The Bertz CT molecular complexity index is 2670. The Labute approximate surface area is 290 Å². The number of hydrogen-bond acceptors (Lipinski definition) is 1. The molecule has 3 nitrogen and oxygen atoms in total. The van der Waals surface area contributed by atoms with E-state index in [1.54, 1.807) is 0 Å². The summed E-state index contributed by atoms with van der Waals surface area (Å²) in [5.41, 5.74) is 13.5. The molecule has 0 fully saturated rings. The van der Waals surface area contributed by atoms with Gasteiger partial charge in [-0.15, -0.1) is 0 Å².